The van der Waals surface area contributed by atoms with E-state index >= 15 is 0 Å². The first-order valence-corrected chi connectivity index (χ1v) is 12.1. The summed E-state index contributed by atoms with van der Waals surface area (Å²) in [5, 5.41) is 0.840. The Kier molecular flexibility index (Phi) is 10.9. The molecular weight excluding hydrogens is 468 g/mol. The van der Waals surface area contributed by atoms with Gasteiger partial charge >= 0.3 is 0 Å². The maximum atomic E-state index is 6.67. The van der Waals surface area contributed by atoms with Gasteiger partial charge in [-0.2, -0.15) is 0 Å². The summed E-state index contributed by atoms with van der Waals surface area (Å²) in [5.41, 5.74) is 2.55. The summed E-state index contributed by atoms with van der Waals surface area (Å²) in [7, 11) is 0. The van der Waals surface area contributed by atoms with Gasteiger partial charge in [-0.05, 0) is 16.7 Å². The molecule has 0 amide bonds. The van der Waals surface area contributed by atoms with Gasteiger partial charge < -0.3 is 18.9 Å². The van der Waals surface area contributed by atoms with E-state index in [0.29, 0.717) is 46.2 Å². The zero-order valence-electron chi connectivity index (χ0n) is 18.3. The first kappa shape index (κ1) is 24.6. The molecule has 0 spiro atoms. The van der Waals surface area contributed by atoms with Gasteiger partial charge in [-0.15, -0.1) is 0 Å². The zero-order valence-corrected chi connectivity index (χ0v) is 19.9. The summed E-state index contributed by atoms with van der Waals surface area (Å²) < 4.78 is 23.3. The SMILES string of the molecule is BrCCOCCOCCOCCOC(c1ccccc1)(c1ccccc1)c1ccccc1. The molecule has 0 heterocycles. The van der Waals surface area contributed by atoms with E-state index in [1.54, 1.807) is 0 Å². The fourth-order valence-corrected chi connectivity index (χ4v) is 3.85. The summed E-state index contributed by atoms with van der Waals surface area (Å²) in [6, 6.07) is 31.1. The van der Waals surface area contributed by atoms with Gasteiger partial charge in [0.15, 0.2) is 0 Å². The Hall–Kier alpha value is -2.02. The van der Waals surface area contributed by atoms with Crippen molar-refractivity contribution in [2.24, 2.45) is 0 Å². The molecule has 5 heteroatoms. The lowest BCUT2D eigenvalue weighted by molar-refractivity contribution is -0.0365. The van der Waals surface area contributed by atoms with Gasteiger partial charge in [0, 0.05) is 5.33 Å². The second-order valence-electron chi connectivity index (χ2n) is 7.15. The summed E-state index contributed by atoms with van der Waals surface area (Å²) in [5.74, 6) is 0. The van der Waals surface area contributed by atoms with Crippen LogP contribution in [0.5, 0.6) is 0 Å². The Labute approximate surface area is 199 Å². The average Bonchev–Trinajstić information content (AvgIpc) is 2.87. The number of alkyl halides is 1. The van der Waals surface area contributed by atoms with Crippen molar-refractivity contribution >= 4 is 15.9 Å². The minimum absolute atomic E-state index is 0.451. The van der Waals surface area contributed by atoms with Crippen LogP contribution in [0.3, 0.4) is 0 Å². The third-order valence-corrected chi connectivity index (χ3v) is 5.38. The molecule has 0 unspecified atom stereocenters. The summed E-state index contributed by atoms with van der Waals surface area (Å²) in [6.07, 6.45) is 0. The van der Waals surface area contributed by atoms with Gasteiger partial charge in [0.05, 0.1) is 46.2 Å². The molecule has 0 aliphatic heterocycles. The number of ether oxygens (including phenoxy) is 4. The predicted molar refractivity (Wildman–Crippen MR) is 131 cm³/mol. The zero-order chi connectivity index (χ0) is 22.3. The lowest BCUT2D eigenvalue weighted by atomic mass is 9.80. The second-order valence-corrected chi connectivity index (χ2v) is 7.95. The van der Waals surface area contributed by atoms with Crippen LogP contribution >= 0.6 is 15.9 Å². The smallest absolute Gasteiger partial charge is 0.143 e. The topological polar surface area (TPSA) is 36.9 Å². The molecule has 170 valence electrons. The van der Waals surface area contributed by atoms with E-state index in [9.17, 15) is 0 Å². The molecule has 3 rings (SSSR count). The van der Waals surface area contributed by atoms with Crippen molar-refractivity contribution in [3.05, 3.63) is 108 Å². The molecule has 0 radical (unpaired) electrons. The van der Waals surface area contributed by atoms with E-state index in [4.69, 9.17) is 18.9 Å². The van der Waals surface area contributed by atoms with Crippen LogP contribution < -0.4 is 0 Å². The van der Waals surface area contributed by atoms with Crippen molar-refractivity contribution in [3.8, 4) is 0 Å². The third kappa shape index (κ3) is 6.99. The van der Waals surface area contributed by atoms with Crippen LogP contribution in [-0.2, 0) is 24.5 Å². The molecule has 0 aliphatic rings. The minimum Gasteiger partial charge on any atom is -0.378 e. The maximum Gasteiger partial charge on any atom is 0.143 e. The third-order valence-electron chi connectivity index (χ3n) is 5.05. The van der Waals surface area contributed by atoms with Gasteiger partial charge in [0.2, 0.25) is 0 Å². The lowest BCUT2D eigenvalue weighted by Gasteiger charge is -2.36. The highest BCUT2D eigenvalue weighted by atomic mass is 79.9. The van der Waals surface area contributed by atoms with Crippen molar-refractivity contribution in [2.75, 3.05) is 51.6 Å². The van der Waals surface area contributed by atoms with Crippen LogP contribution in [0.25, 0.3) is 0 Å². The van der Waals surface area contributed by atoms with Crippen LogP contribution in [0, 0.1) is 0 Å². The predicted octanol–water partition coefficient (Wildman–Crippen LogP) is 5.44. The standard InChI is InChI=1S/C27H31BrO4/c28-16-17-29-18-19-30-20-21-31-22-23-32-27(24-10-4-1-5-11-24,25-12-6-2-7-13-25)26-14-8-3-9-15-26/h1-15H,16-23H2. The highest BCUT2D eigenvalue weighted by Gasteiger charge is 2.37. The highest BCUT2D eigenvalue weighted by molar-refractivity contribution is 9.09. The maximum absolute atomic E-state index is 6.67. The van der Waals surface area contributed by atoms with Gasteiger partial charge in [-0.25, -0.2) is 0 Å². The molecule has 3 aromatic rings. The van der Waals surface area contributed by atoms with E-state index in [2.05, 4.69) is 88.7 Å². The molecule has 0 fully saturated rings. The molecule has 0 aliphatic carbocycles. The second kappa shape index (κ2) is 14.2. The number of halogens is 1. The molecule has 0 N–H and O–H groups in total. The highest BCUT2D eigenvalue weighted by Crippen LogP contribution is 2.40. The van der Waals surface area contributed by atoms with Crippen molar-refractivity contribution in [1.29, 1.82) is 0 Å². The number of hydrogen-bond acceptors (Lipinski definition) is 4. The van der Waals surface area contributed by atoms with Crippen LogP contribution in [0.1, 0.15) is 16.7 Å². The molecule has 0 aromatic heterocycles. The molecule has 0 bridgehead atoms. The van der Waals surface area contributed by atoms with Crippen molar-refractivity contribution in [2.45, 2.75) is 5.60 Å². The summed E-state index contributed by atoms with van der Waals surface area (Å²) in [6.45, 7) is 3.87. The largest absolute Gasteiger partial charge is 0.378 e. The average molecular weight is 499 g/mol. The first-order chi connectivity index (χ1) is 15.9. The van der Waals surface area contributed by atoms with Crippen molar-refractivity contribution in [1.82, 2.24) is 0 Å². The molecule has 32 heavy (non-hydrogen) atoms. The van der Waals surface area contributed by atoms with Gasteiger partial charge in [-0.3, -0.25) is 0 Å². The van der Waals surface area contributed by atoms with Crippen molar-refractivity contribution in [3.63, 3.8) is 0 Å². The fraction of sp³-hybridized carbons (Fsp3) is 0.333. The normalized spacial score (nSPS) is 11.5. The van der Waals surface area contributed by atoms with Gasteiger partial charge in [0.1, 0.15) is 5.60 Å². The summed E-state index contributed by atoms with van der Waals surface area (Å²) >= 11 is 3.33. The van der Waals surface area contributed by atoms with E-state index in [-0.39, 0.29) is 0 Å². The molecule has 0 atom stereocenters. The van der Waals surface area contributed by atoms with Crippen LogP contribution in [0.15, 0.2) is 91.0 Å². The summed E-state index contributed by atoms with van der Waals surface area (Å²) in [4.78, 5) is 0. The Balaban J connectivity index is 1.64. The van der Waals surface area contributed by atoms with E-state index in [0.717, 1.165) is 22.0 Å². The van der Waals surface area contributed by atoms with Crippen LogP contribution in [0.4, 0.5) is 0 Å². The first-order valence-electron chi connectivity index (χ1n) is 11.0. The Bertz CT molecular complexity index is 762. The quantitative estimate of drug-likeness (QED) is 0.159. The minimum atomic E-state index is -0.712. The molecular formula is C27H31BrO4. The molecule has 4 nitrogen and oxygen atoms in total. The number of benzene rings is 3. The number of rotatable bonds is 15. The van der Waals surface area contributed by atoms with E-state index in [1.165, 1.54) is 0 Å². The van der Waals surface area contributed by atoms with Gasteiger partial charge in [0.25, 0.3) is 0 Å². The van der Waals surface area contributed by atoms with Crippen molar-refractivity contribution < 1.29 is 18.9 Å². The number of hydrogen-bond donors (Lipinski definition) is 0. The Morgan fingerprint density at radius 3 is 1.19 bits per heavy atom. The Morgan fingerprint density at radius 2 is 0.812 bits per heavy atom. The fourth-order valence-electron chi connectivity index (χ4n) is 3.62. The van der Waals surface area contributed by atoms with Crippen LogP contribution in [0.2, 0.25) is 0 Å². The molecule has 0 saturated heterocycles. The van der Waals surface area contributed by atoms with Crippen LogP contribution in [-0.4, -0.2) is 51.6 Å². The molecule has 3 aromatic carbocycles. The van der Waals surface area contributed by atoms with Gasteiger partial charge in [-0.1, -0.05) is 107 Å². The monoisotopic (exact) mass is 498 g/mol. The Morgan fingerprint density at radius 1 is 0.469 bits per heavy atom. The van der Waals surface area contributed by atoms with E-state index < -0.39 is 5.60 Å². The molecule has 0 saturated carbocycles. The van der Waals surface area contributed by atoms with E-state index in [1.807, 2.05) is 18.2 Å². The lowest BCUT2D eigenvalue weighted by Crippen LogP contribution is -2.34.